The van der Waals surface area contributed by atoms with Crippen LogP contribution in [-0.2, 0) is 11.2 Å². The number of hydrogen-bond acceptors (Lipinski definition) is 2. The monoisotopic (exact) mass is 262 g/mol. The molecule has 1 aromatic carbocycles. The summed E-state index contributed by atoms with van der Waals surface area (Å²) in [6.45, 7) is 2.49. The summed E-state index contributed by atoms with van der Waals surface area (Å²) in [5.41, 5.74) is 0.537. The van der Waals surface area contributed by atoms with Crippen LogP contribution in [0.3, 0.4) is 0 Å². The van der Waals surface area contributed by atoms with Crippen molar-refractivity contribution in [1.82, 2.24) is 0 Å². The van der Waals surface area contributed by atoms with Crippen LogP contribution in [0.4, 0.5) is 0 Å². The Balaban J connectivity index is 3.01. The molecule has 0 atom stereocenters. The molecule has 16 heavy (non-hydrogen) atoms. The standard InChI is InChI=1S/C11H12Cl2O3/c1-2-3-16-10-6-9(13)8(12)4-7(10)5-11(14)15/h4,6H,2-3,5H2,1H3,(H,14,15). The predicted octanol–water partition coefficient (Wildman–Crippen LogP) is 3.41. The molecule has 1 N–H and O–H groups in total. The van der Waals surface area contributed by atoms with E-state index in [1.54, 1.807) is 6.07 Å². The highest BCUT2D eigenvalue weighted by Crippen LogP contribution is 2.31. The highest BCUT2D eigenvalue weighted by molar-refractivity contribution is 6.42. The van der Waals surface area contributed by atoms with Gasteiger partial charge in [-0.15, -0.1) is 0 Å². The minimum Gasteiger partial charge on any atom is -0.493 e. The van der Waals surface area contributed by atoms with Gasteiger partial charge in [-0.3, -0.25) is 4.79 Å². The summed E-state index contributed by atoms with van der Waals surface area (Å²) < 4.78 is 5.42. The maximum Gasteiger partial charge on any atom is 0.307 e. The van der Waals surface area contributed by atoms with Gasteiger partial charge in [-0.1, -0.05) is 30.1 Å². The van der Waals surface area contributed by atoms with Crippen LogP contribution < -0.4 is 4.74 Å². The first-order valence-corrected chi connectivity index (χ1v) is 5.62. The Morgan fingerprint density at radius 3 is 2.56 bits per heavy atom. The van der Waals surface area contributed by atoms with Crippen LogP contribution in [-0.4, -0.2) is 17.7 Å². The Hall–Kier alpha value is -0.930. The zero-order valence-electron chi connectivity index (χ0n) is 8.80. The number of carboxylic acid groups (broad SMARTS) is 1. The molecule has 88 valence electrons. The van der Waals surface area contributed by atoms with E-state index in [1.165, 1.54) is 6.07 Å². The van der Waals surface area contributed by atoms with Gasteiger partial charge in [0.1, 0.15) is 5.75 Å². The van der Waals surface area contributed by atoms with Crippen molar-refractivity contribution in [1.29, 1.82) is 0 Å². The summed E-state index contributed by atoms with van der Waals surface area (Å²) in [7, 11) is 0. The van der Waals surface area contributed by atoms with Crippen molar-refractivity contribution in [2.45, 2.75) is 19.8 Å². The molecule has 0 aliphatic carbocycles. The van der Waals surface area contributed by atoms with E-state index in [0.717, 1.165) is 6.42 Å². The van der Waals surface area contributed by atoms with Crippen LogP contribution >= 0.6 is 23.2 Å². The molecule has 5 heteroatoms. The SMILES string of the molecule is CCCOc1cc(Cl)c(Cl)cc1CC(=O)O. The van der Waals surface area contributed by atoms with Crippen LogP contribution in [0.1, 0.15) is 18.9 Å². The zero-order chi connectivity index (χ0) is 12.1. The van der Waals surface area contributed by atoms with Gasteiger partial charge < -0.3 is 9.84 Å². The van der Waals surface area contributed by atoms with Crippen LogP contribution in [0.5, 0.6) is 5.75 Å². The second-order valence-corrected chi connectivity index (χ2v) is 4.11. The van der Waals surface area contributed by atoms with Crippen molar-refractivity contribution in [2.75, 3.05) is 6.61 Å². The van der Waals surface area contributed by atoms with Gasteiger partial charge in [-0.25, -0.2) is 0 Å². The molecule has 0 radical (unpaired) electrons. The summed E-state index contributed by atoms with van der Waals surface area (Å²) in [6, 6.07) is 3.08. The fraction of sp³-hybridized carbons (Fsp3) is 0.364. The van der Waals surface area contributed by atoms with Gasteiger partial charge >= 0.3 is 5.97 Å². The van der Waals surface area contributed by atoms with Crippen molar-refractivity contribution in [3.05, 3.63) is 27.7 Å². The van der Waals surface area contributed by atoms with Crippen molar-refractivity contribution >= 4 is 29.2 Å². The molecule has 0 saturated heterocycles. The Bertz CT molecular complexity index is 391. The zero-order valence-corrected chi connectivity index (χ0v) is 10.3. The van der Waals surface area contributed by atoms with E-state index >= 15 is 0 Å². The molecular weight excluding hydrogens is 251 g/mol. The fourth-order valence-electron chi connectivity index (χ4n) is 1.22. The topological polar surface area (TPSA) is 46.5 Å². The third-order valence-electron chi connectivity index (χ3n) is 1.91. The summed E-state index contributed by atoms with van der Waals surface area (Å²) in [4.78, 5) is 10.7. The van der Waals surface area contributed by atoms with Crippen LogP contribution in [0, 0.1) is 0 Å². The lowest BCUT2D eigenvalue weighted by Crippen LogP contribution is -2.04. The molecule has 0 fully saturated rings. The van der Waals surface area contributed by atoms with Crippen LogP contribution in [0.2, 0.25) is 10.0 Å². The second-order valence-electron chi connectivity index (χ2n) is 3.29. The molecular formula is C11H12Cl2O3. The summed E-state index contributed by atoms with van der Waals surface area (Å²) in [6.07, 6.45) is 0.711. The van der Waals surface area contributed by atoms with Gasteiger partial charge in [-0.2, -0.15) is 0 Å². The van der Waals surface area contributed by atoms with E-state index in [4.69, 9.17) is 33.0 Å². The third-order valence-corrected chi connectivity index (χ3v) is 2.63. The average Bonchev–Trinajstić information content (AvgIpc) is 2.20. The molecule has 0 saturated carbocycles. The van der Waals surface area contributed by atoms with E-state index in [-0.39, 0.29) is 6.42 Å². The Morgan fingerprint density at radius 2 is 2.00 bits per heavy atom. The van der Waals surface area contributed by atoms with Gasteiger partial charge in [0, 0.05) is 11.6 Å². The maximum atomic E-state index is 10.7. The Kier molecular flexibility index (Phi) is 4.90. The largest absolute Gasteiger partial charge is 0.493 e. The first-order valence-electron chi connectivity index (χ1n) is 4.87. The lowest BCUT2D eigenvalue weighted by molar-refractivity contribution is -0.136. The minimum absolute atomic E-state index is 0.129. The highest BCUT2D eigenvalue weighted by Gasteiger charge is 2.11. The number of hydrogen-bond donors (Lipinski definition) is 1. The minimum atomic E-state index is -0.931. The van der Waals surface area contributed by atoms with Crippen molar-refractivity contribution in [3.8, 4) is 5.75 Å². The van der Waals surface area contributed by atoms with E-state index in [9.17, 15) is 4.79 Å². The average molecular weight is 263 g/mol. The van der Waals surface area contributed by atoms with Gasteiger partial charge in [0.15, 0.2) is 0 Å². The van der Waals surface area contributed by atoms with Gasteiger partial charge in [0.05, 0.1) is 23.1 Å². The van der Waals surface area contributed by atoms with Crippen molar-refractivity contribution in [3.63, 3.8) is 0 Å². The molecule has 0 heterocycles. The van der Waals surface area contributed by atoms with Gasteiger partial charge in [0.25, 0.3) is 0 Å². The van der Waals surface area contributed by atoms with E-state index in [1.807, 2.05) is 6.92 Å². The maximum absolute atomic E-state index is 10.7. The van der Waals surface area contributed by atoms with Crippen LogP contribution in [0.15, 0.2) is 12.1 Å². The third kappa shape index (κ3) is 3.58. The molecule has 0 amide bonds. The first kappa shape index (κ1) is 13.1. The summed E-state index contributed by atoms with van der Waals surface area (Å²) >= 11 is 11.7. The van der Waals surface area contributed by atoms with Gasteiger partial charge in [0.2, 0.25) is 0 Å². The van der Waals surface area contributed by atoms with Crippen LogP contribution in [0.25, 0.3) is 0 Å². The number of halogens is 2. The number of carbonyl (C=O) groups is 1. The molecule has 1 aromatic rings. The first-order chi connectivity index (χ1) is 7.54. The molecule has 0 aliphatic heterocycles. The highest BCUT2D eigenvalue weighted by atomic mass is 35.5. The second kappa shape index (κ2) is 5.97. The molecule has 1 rings (SSSR count). The molecule has 3 nitrogen and oxygen atoms in total. The Morgan fingerprint density at radius 1 is 1.38 bits per heavy atom. The molecule has 0 bridgehead atoms. The molecule has 0 aromatic heterocycles. The number of benzene rings is 1. The van der Waals surface area contributed by atoms with E-state index < -0.39 is 5.97 Å². The fourth-order valence-corrected chi connectivity index (χ4v) is 1.56. The lowest BCUT2D eigenvalue weighted by atomic mass is 10.1. The predicted molar refractivity (Wildman–Crippen MR) is 63.6 cm³/mol. The van der Waals surface area contributed by atoms with Gasteiger partial charge in [-0.05, 0) is 12.5 Å². The lowest BCUT2D eigenvalue weighted by Gasteiger charge is -2.11. The van der Waals surface area contributed by atoms with E-state index in [2.05, 4.69) is 0 Å². The normalized spacial score (nSPS) is 10.2. The summed E-state index contributed by atoms with van der Waals surface area (Å²) in [5.74, 6) is -0.446. The smallest absolute Gasteiger partial charge is 0.307 e. The summed E-state index contributed by atoms with van der Waals surface area (Å²) in [5, 5.41) is 9.44. The Labute approximate surface area is 104 Å². The number of aliphatic carboxylic acids is 1. The number of rotatable bonds is 5. The van der Waals surface area contributed by atoms with E-state index in [0.29, 0.717) is 28.0 Å². The molecule has 0 aliphatic rings. The van der Waals surface area contributed by atoms with Crippen molar-refractivity contribution in [2.24, 2.45) is 0 Å². The molecule has 0 spiro atoms. The quantitative estimate of drug-likeness (QED) is 0.885. The van der Waals surface area contributed by atoms with Crippen molar-refractivity contribution < 1.29 is 14.6 Å². The molecule has 0 unspecified atom stereocenters. The number of ether oxygens (including phenoxy) is 1. The number of carboxylic acids is 1.